The van der Waals surface area contributed by atoms with Crippen LogP contribution >= 0.6 is 0 Å². The number of aromatic nitrogens is 2. The van der Waals surface area contributed by atoms with Crippen molar-refractivity contribution in [1.82, 2.24) is 15.3 Å². The summed E-state index contributed by atoms with van der Waals surface area (Å²) < 4.78 is 0. The first kappa shape index (κ1) is 10.6. The number of hydrogen-bond acceptors (Lipinski definition) is 3. The summed E-state index contributed by atoms with van der Waals surface area (Å²) in [6.07, 6.45) is 2.31. The van der Waals surface area contributed by atoms with E-state index in [-0.39, 0.29) is 0 Å². The van der Waals surface area contributed by atoms with Crippen LogP contribution in [0.1, 0.15) is 49.0 Å². The summed E-state index contributed by atoms with van der Waals surface area (Å²) in [5, 5.41) is 3.41. The fourth-order valence-corrected chi connectivity index (χ4v) is 2.17. The SMILES string of the molecule is Cc1nc2c(c(C(C)C)n1)CCCNC2. The number of hydrogen-bond donors (Lipinski definition) is 1. The van der Waals surface area contributed by atoms with Crippen LogP contribution in [0.4, 0.5) is 0 Å². The lowest BCUT2D eigenvalue weighted by atomic mass is 9.99. The Hall–Kier alpha value is -0.960. The second-order valence-electron chi connectivity index (χ2n) is 4.52. The molecule has 1 aliphatic rings. The average molecular weight is 205 g/mol. The fraction of sp³-hybridized carbons (Fsp3) is 0.667. The Morgan fingerprint density at radius 3 is 2.80 bits per heavy atom. The largest absolute Gasteiger partial charge is 0.311 e. The van der Waals surface area contributed by atoms with Crippen LogP contribution in [0.5, 0.6) is 0 Å². The molecule has 1 aromatic heterocycles. The van der Waals surface area contributed by atoms with Crippen molar-refractivity contribution < 1.29 is 0 Å². The molecule has 1 N–H and O–H groups in total. The van der Waals surface area contributed by atoms with Crippen molar-refractivity contribution in [3.8, 4) is 0 Å². The van der Waals surface area contributed by atoms with Gasteiger partial charge in [0.25, 0.3) is 0 Å². The molecule has 0 fully saturated rings. The summed E-state index contributed by atoms with van der Waals surface area (Å²) in [5.74, 6) is 1.40. The molecule has 0 saturated carbocycles. The Morgan fingerprint density at radius 1 is 1.27 bits per heavy atom. The Labute approximate surface area is 91.3 Å². The second-order valence-corrected chi connectivity index (χ2v) is 4.52. The van der Waals surface area contributed by atoms with Gasteiger partial charge in [0.2, 0.25) is 0 Å². The zero-order chi connectivity index (χ0) is 10.8. The fourth-order valence-electron chi connectivity index (χ4n) is 2.17. The van der Waals surface area contributed by atoms with Gasteiger partial charge in [0.05, 0.1) is 11.4 Å². The third-order valence-electron chi connectivity index (χ3n) is 2.86. The minimum Gasteiger partial charge on any atom is -0.311 e. The van der Waals surface area contributed by atoms with Crippen molar-refractivity contribution in [2.75, 3.05) is 6.54 Å². The molecule has 0 radical (unpaired) electrons. The molecule has 0 atom stereocenters. The van der Waals surface area contributed by atoms with Crippen LogP contribution in [0.3, 0.4) is 0 Å². The van der Waals surface area contributed by atoms with Crippen LogP contribution in [0.25, 0.3) is 0 Å². The summed E-state index contributed by atoms with van der Waals surface area (Å²) >= 11 is 0. The normalized spacial score (nSPS) is 16.3. The van der Waals surface area contributed by atoms with Crippen molar-refractivity contribution in [2.45, 2.75) is 46.1 Å². The van der Waals surface area contributed by atoms with Crippen LogP contribution < -0.4 is 5.32 Å². The minimum absolute atomic E-state index is 0.499. The predicted molar refractivity (Wildman–Crippen MR) is 60.9 cm³/mol. The van der Waals surface area contributed by atoms with E-state index in [1.165, 1.54) is 23.4 Å². The van der Waals surface area contributed by atoms with Crippen molar-refractivity contribution in [2.24, 2.45) is 0 Å². The molecule has 0 spiro atoms. The van der Waals surface area contributed by atoms with E-state index in [0.29, 0.717) is 5.92 Å². The van der Waals surface area contributed by atoms with Crippen molar-refractivity contribution in [3.63, 3.8) is 0 Å². The quantitative estimate of drug-likeness (QED) is 0.761. The zero-order valence-electron chi connectivity index (χ0n) is 9.80. The molecule has 2 rings (SSSR count). The number of nitrogens with one attached hydrogen (secondary N) is 1. The third-order valence-corrected chi connectivity index (χ3v) is 2.86. The van der Waals surface area contributed by atoms with E-state index in [1.807, 2.05) is 6.92 Å². The third kappa shape index (κ3) is 2.17. The summed E-state index contributed by atoms with van der Waals surface area (Å²) in [7, 11) is 0. The summed E-state index contributed by atoms with van der Waals surface area (Å²) in [6.45, 7) is 8.39. The minimum atomic E-state index is 0.499. The first-order chi connectivity index (χ1) is 7.18. The van der Waals surface area contributed by atoms with Crippen LogP contribution in [0.2, 0.25) is 0 Å². The maximum Gasteiger partial charge on any atom is 0.125 e. The molecule has 3 heteroatoms. The number of nitrogens with zero attached hydrogens (tertiary/aromatic N) is 2. The van der Waals surface area contributed by atoms with E-state index in [9.17, 15) is 0 Å². The Bertz CT molecular complexity index is 358. The molecule has 0 saturated heterocycles. The maximum absolute atomic E-state index is 4.59. The van der Waals surface area contributed by atoms with Gasteiger partial charge in [-0.05, 0) is 37.8 Å². The summed E-state index contributed by atoms with van der Waals surface area (Å²) in [6, 6.07) is 0. The zero-order valence-corrected chi connectivity index (χ0v) is 9.80. The van der Waals surface area contributed by atoms with Gasteiger partial charge >= 0.3 is 0 Å². The highest BCUT2D eigenvalue weighted by molar-refractivity contribution is 5.29. The van der Waals surface area contributed by atoms with E-state index < -0.39 is 0 Å². The van der Waals surface area contributed by atoms with Gasteiger partial charge in [-0.15, -0.1) is 0 Å². The molecule has 15 heavy (non-hydrogen) atoms. The Morgan fingerprint density at radius 2 is 2.07 bits per heavy atom. The number of rotatable bonds is 1. The maximum atomic E-state index is 4.59. The lowest BCUT2D eigenvalue weighted by molar-refractivity contribution is 0.673. The van der Waals surface area contributed by atoms with Crippen molar-refractivity contribution in [3.05, 3.63) is 22.8 Å². The molecule has 1 aliphatic heterocycles. The van der Waals surface area contributed by atoms with E-state index in [1.54, 1.807) is 0 Å². The van der Waals surface area contributed by atoms with E-state index in [4.69, 9.17) is 0 Å². The van der Waals surface area contributed by atoms with Crippen LogP contribution in [0.15, 0.2) is 0 Å². The van der Waals surface area contributed by atoms with Gasteiger partial charge in [-0.1, -0.05) is 13.8 Å². The molecule has 82 valence electrons. The van der Waals surface area contributed by atoms with Gasteiger partial charge in [-0.3, -0.25) is 0 Å². The molecule has 0 unspecified atom stereocenters. The highest BCUT2D eigenvalue weighted by Gasteiger charge is 2.16. The van der Waals surface area contributed by atoms with E-state index in [0.717, 1.165) is 25.3 Å². The van der Waals surface area contributed by atoms with Gasteiger partial charge in [-0.2, -0.15) is 0 Å². The Balaban J connectivity index is 2.50. The van der Waals surface area contributed by atoms with Crippen LogP contribution in [-0.4, -0.2) is 16.5 Å². The Kier molecular flexibility index (Phi) is 3.00. The molecule has 0 amide bonds. The van der Waals surface area contributed by atoms with Crippen LogP contribution in [-0.2, 0) is 13.0 Å². The second kappa shape index (κ2) is 4.27. The summed E-state index contributed by atoms with van der Waals surface area (Å²) in [4.78, 5) is 9.13. The molecule has 3 nitrogen and oxygen atoms in total. The first-order valence-electron chi connectivity index (χ1n) is 5.75. The smallest absolute Gasteiger partial charge is 0.125 e. The molecule has 0 aliphatic carbocycles. The molecule has 2 heterocycles. The van der Waals surface area contributed by atoms with Crippen molar-refractivity contribution >= 4 is 0 Å². The highest BCUT2D eigenvalue weighted by Crippen LogP contribution is 2.22. The van der Waals surface area contributed by atoms with Gasteiger partial charge in [0.1, 0.15) is 5.82 Å². The van der Waals surface area contributed by atoms with Gasteiger partial charge < -0.3 is 5.32 Å². The predicted octanol–water partition coefficient (Wildman–Crippen LogP) is 1.94. The molecule has 1 aromatic rings. The molecular formula is C12H19N3. The summed E-state index contributed by atoms with van der Waals surface area (Å²) in [5.41, 5.74) is 3.85. The van der Waals surface area contributed by atoms with Gasteiger partial charge in [0.15, 0.2) is 0 Å². The standard InChI is InChI=1S/C12H19N3/c1-8(2)12-10-5-4-6-13-7-11(10)14-9(3)15-12/h8,13H,4-7H2,1-3H3. The molecular weight excluding hydrogens is 186 g/mol. The van der Waals surface area contributed by atoms with Gasteiger partial charge in [-0.25, -0.2) is 9.97 Å². The van der Waals surface area contributed by atoms with E-state index in [2.05, 4.69) is 29.1 Å². The first-order valence-corrected chi connectivity index (χ1v) is 5.75. The highest BCUT2D eigenvalue weighted by atomic mass is 14.9. The number of aryl methyl sites for hydroxylation is 1. The van der Waals surface area contributed by atoms with Crippen LogP contribution in [0, 0.1) is 6.92 Å². The molecule has 0 bridgehead atoms. The van der Waals surface area contributed by atoms with E-state index >= 15 is 0 Å². The molecule has 0 aromatic carbocycles. The lowest BCUT2D eigenvalue weighted by Gasteiger charge is -2.14. The lowest BCUT2D eigenvalue weighted by Crippen LogP contribution is -2.14. The van der Waals surface area contributed by atoms with Crippen molar-refractivity contribution in [1.29, 1.82) is 0 Å². The topological polar surface area (TPSA) is 37.8 Å². The monoisotopic (exact) mass is 205 g/mol. The van der Waals surface area contributed by atoms with Gasteiger partial charge in [0, 0.05) is 6.54 Å². The average Bonchev–Trinajstić information content (AvgIpc) is 2.41. The number of fused-ring (bicyclic) bond motifs is 1.